The van der Waals surface area contributed by atoms with E-state index in [0.29, 0.717) is 47.8 Å². The molecule has 38 heavy (non-hydrogen) atoms. The smallest absolute Gasteiger partial charge is 0.269 e. The molecule has 1 aromatic carbocycles. The van der Waals surface area contributed by atoms with Crippen molar-refractivity contribution in [3.05, 3.63) is 48.2 Å². The normalized spacial score (nSPS) is 24.6. The molecule has 1 saturated heterocycles. The lowest BCUT2D eigenvalue weighted by molar-refractivity contribution is -0.140. The molecule has 6 rings (SSSR count). The number of nitrogens with zero attached hydrogens (tertiary/aromatic N) is 5. The number of carbonyl (C=O) groups is 3. The highest BCUT2D eigenvalue weighted by Gasteiger charge is 2.56. The van der Waals surface area contributed by atoms with Crippen LogP contribution in [0.4, 0.5) is 0 Å². The first-order valence-electron chi connectivity index (χ1n) is 12.4. The van der Waals surface area contributed by atoms with Crippen LogP contribution in [0.25, 0.3) is 10.9 Å². The number of likely N-dealkylation sites (tertiary alicyclic amines) is 1. The first kappa shape index (κ1) is 24.9. The summed E-state index contributed by atoms with van der Waals surface area (Å²) >= 11 is 12.1. The molecule has 3 fully saturated rings. The van der Waals surface area contributed by atoms with Crippen LogP contribution < -0.4 is 15.8 Å². The third-order valence-corrected chi connectivity index (χ3v) is 8.33. The predicted octanol–water partition coefficient (Wildman–Crippen LogP) is 1.80. The van der Waals surface area contributed by atoms with Crippen LogP contribution in [0.5, 0.6) is 5.75 Å². The Morgan fingerprint density at radius 3 is 2.66 bits per heavy atom. The molecule has 0 spiro atoms. The van der Waals surface area contributed by atoms with Crippen molar-refractivity contribution in [1.82, 2.24) is 30.0 Å². The number of hydrogen-bond acceptors (Lipinski definition) is 7. The number of primary amides is 1. The summed E-state index contributed by atoms with van der Waals surface area (Å²) in [5, 5.41) is 7.70. The zero-order valence-electron chi connectivity index (χ0n) is 20.2. The molecule has 11 nitrogen and oxygen atoms in total. The molecule has 3 aromatic rings. The number of ether oxygens (including phenoxy) is 1. The molecule has 2 aromatic heterocycles. The summed E-state index contributed by atoms with van der Waals surface area (Å²) < 4.78 is 6.45. The van der Waals surface area contributed by atoms with Gasteiger partial charge in [-0.1, -0.05) is 0 Å². The summed E-state index contributed by atoms with van der Waals surface area (Å²) in [5.41, 5.74) is 6.18. The molecule has 2 aliphatic carbocycles. The van der Waals surface area contributed by atoms with E-state index in [2.05, 4.69) is 20.4 Å². The molecule has 3 N–H and O–H groups in total. The zero-order valence-corrected chi connectivity index (χ0v) is 21.7. The molecule has 1 aliphatic heterocycles. The monoisotopic (exact) mass is 557 g/mol. The van der Waals surface area contributed by atoms with Gasteiger partial charge in [-0.25, -0.2) is 9.97 Å². The number of alkyl halides is 2. The van der Waals surface area contributed by atoms with Crippen LogP contribution in [-0.4, -0.2) is 65.3 Å². The van der Waals surface area contributed by atoms with Gasteiger partial charge in [-0.3, -0.25) is 19.1 Å². The SMILES string of the molecule is NC(=O)c1nn(CC(=O)N2[C@@H]3C[C@@H]3C[C@H]2C(=O)NCC2CC2(Cl)Cl)c2ccc(OCc3ncccn3)cc12. The van der Waals surface area contributed by atoms with Gasteiger partial charge in [0.25, 0.3) is 5.91 Å². The minimum Gasteiger partial charge on any atom is -0.486 e. The Balaban J connectivity index is 1.18. The van der Waals surface area contributed by atoms with Crippen molar-refractivity contribution in [2.24, 2.45) is 17.6 Å². The summed E-state index contributed by atoms with van der Waals surface area (Å²) in [4.78, 5) is 48.5. The van der Waals surface area contributed by atoms with Crippen molar-refractivity contribution in [3.8, 4) is 5.75 Å². The fraction of sp³-hybridized carbons (Fsp3) is 0.440. The van der Waals surface area contributed by atoms with Gasteiger partial charge in [-0.15, -0.1) is 23.2 Å². The van der Waals surface area contributed by atoms with Gasteiger partial charge in [-0.05, 0) is 49.4 Å². The maximum atomic E-state index is 13.5. The number of fused-ring (bicyclic) bond motifs is 2. The van der Waals surface area contributed by atoms with E-state index in [1.165, 1.54) is 4.68 Å². The molecule has 3 aliphatic rings. The number of carbonyl (C=O) groups excluding carboxylic acids is 3. The summed E-state index contributed by atoms with van der Waals surface area (Å²) in [5.74, 6) is 0.158. The molecule has 198 valence electrons. The number of benzene rings is 1. The Bertz CT molecular complexity index is 1430. The van der Waals surface area contributed by atoms with Gasteiger partial charge in [0, 0.05) is 36.3 Å². The van der Waals surface area contributed by atoms with E-state index in [1.54, 1.807) is 41.6 Å². The van der Waals surface area contributed by atoms with Crippen LogP contribution in [0.1, 0.15) is 35.6 Å². The summed E-state index contributed by atoms with van der Waals surface area (Å²) in [6.45, 7) is 0.388. The van der Waals surface area contributed by atoms with Crippen molar-refractivity contribution in [1.29, 1.82) is 0 Å². The number of aromatic nitrogens is 4. The largest absolute Gasteiger partial charge is 0.486 e. The van der Waals surface area contributed by atoms with E-state index < -0.39 is 16.3 Å². The Labute approximate surface area is 227 Å². The molecule has 0 radical (unpaired) electrons. The maximum Gasteiger partial charge on any atom is 0.269 e. The lowest BCUT2D eigenvalue weighted by Gasteiger charge is -2.27. The molecular weight excluding hydrogens is 533 g/mol. The topological polar surface area (TPSA) is 145 Å². The molecule has 13 heteroatoms. The number of nitrogens with two attached hydrogens (primary N) is 1. The fourth-order valence-corrected chi connectivity index (χ4v) is 5.72. The van der Waals surface area contributed by atoms with Crippen molar-refractivity contribution in [3.63, 3.8) is 0 Å². The quantitative estimate of drug-likeness (QED) is 0.381. The number of rotatable bonds is 9. The molecule has 4 atom stereocenters. The molecule has 3 amide bonds. The van der Waals surface area contributed by atoms with Gasteiger partial charge in [0.15, 0.2) is 11.5 Å². The average molecular weight is 558 g/mol. The highest BCUT2D eigenvalue weighted by molar-refractivity contribution is 6.50. The van der Waals surface area contributed by atoms with Gasteiger partial charge < -0.3 is 20.7 Å². The van der Waals surface area contributed by atoms with Crippen molar-refractivity contribution in [2.75, 3.05) is 6.54 Å². The summed E-state index contributed by atoms with van der Waals surface area (Å²) in [6.07, 6.45) is 5.38. The number of hydrogen-bond donors (Lipinski definition) is 2. The standard InChI is InChI=1S/C25H25Cl2N7O4/c26-25(27)9-14(25)10-31-24(37)19-7-13-6-18(13)34(19)21(35)11-33-17-3-2-15(8-16(17)22(32-33)23(28)36)38-12-20-29-4-1-5-30-20/h1-5,8,13-14,18-19H,6-7,9-12H2,(H2,28,36)(H,31,37)/t13-,14?,18-,19+/m1/s1. The minimum absolute atomic E-state index is 0.0200. The van der Waals surface area contributed by atoms with E-state index in [9.17, 15) is 14.4 Å². The van der Waals surface area contributed by atoms with Crippen LogP contribution in [0, 0.1) is 11.8 Å². The Hall–Kier alpha value is -3.44. The Kier molecular flexibility index (Phi) is 6.14. The highest BCUT2D eigenvalue weighted by atomic mass is 35.5. The number of piperidine rings is 1. The second kappa shape index (κ2) is 9.39. The van der Waals surface area contributed by atoms with Crippen LogP contribution in [0.3, 0.4) is 0 Å². The third-order valence-electron chi connectivity index (χ3n) is 7.40. The van der Waals surface area contributed by atoms with E-state index in [1.807, 2.05) is 0 Å². The fourth-order valence-electron chi connectivity index (χ4n) is 5.19. The number of nitrogens with one attached hydrogen (secondary N) is 1. The molecule has 1 unspecified atom stereocenters. The third kappa shape index (κ3) is 4.76. The van der Waals surface area contributed by atoms with Crippen LogP contribution >= 0.6 is 23.2 Å². The Morgan fingerprint density at radius 2 is 1.95 bits per heavy atom. The van der Waals surface area contributed by atoms with Crippen molar-refractivity contribution < 1.29 is 19.1 Å². The van der Waals surface area contributed by atoms with Gasteiger partial charge in [0.1, 0.15) is 29.3 Å². The van der Waals surface area contributed by atoms with Gasteiger partial charge >= 0.3 is 0 Å². The van der Waals surface area contributed by atoms with Crippen LogP contribution in [0.15, 0.2) is 36.7 Å². The van der Waals surface area contributed by atoms with Crippen LogP contribution in [-0.2, 0) is 22.7 Å². The predicted molar refractivity (Wildman–Crippen MR) is 137 cm³/mol. The van der Waals surface area contributed by atoms with Crippen molar-refractivity contribution in [2.45, 2.75) is 48.8 Å². The Morgan fingerprint density at radius 1 is 1.18 bits per heavy atom. The lowest BCUT2D eigenvalue weighted by atomic mass is 10.1. The van der Waals surface area contributed by atoms with Gasteiger partial charge in [0.05, 0.1) is 5.52 Å². The zero-order chi connectivity index (χ0) is 26.6. The first-order chi connectivity index (χ1) is 18.2. The number of amides is 3. The van der Waals surface area contributed by atoms with Gasteiger partial charge in [0.2, 0.25) is 11.8 Å². The second-order valence-electron chi connectivity index (χ2n) is 10.0. The molecule has 3 heterocycles. The van der Waals surface area contributed by atoms with Gasteiger partial charge in [-0.2, -0.15) is 5.10 Å². The average Bonchev–Trinajstić information content (AvgIpc) is 3.69. The molecular formula is C25H25Cl2N7O4. The van der Waals surface area contributed by atoms with E-state index in [4.69, 9.17) is 33.7 Å². The summed E-state index contributed by atoms with van der Waals surface area (Å²) in [6, 6.07) is 6.29. The highest BCUT2D eigenvalue weighted by Crippen LogP contribution is 2.53. The van der Waals surface area contributed by atoms with E-state index in [-0.39, 0.29) is 42.6 Å². The van der Waals surface area contributed by atoms with Crippen molar-refractivity contribution >= 4 is 51.8 Å². The maximum absolute atomic E-state index is 13.5. The van der Waals surface area contributed by atoms with E-state index in [0.717, 1.165) is 6.42 Å². The number of halogens is 2. The molecule has 2 saturated carbocycles. The second-order valence-corrected chi connectivity index (χ2v) is 11.6. The summed E-state index contributed by atoms with van der Waals surface area (Å²) in [7, 11) is 0. The molecule has 0 bridgehead atoms. The first-order valence-corrected chi connectivity index (χ1v) is 13.1. The minimum atomic E-state index is -0.778. The van der Waals surface area contributed by atoms with E-state index >= 15 is 0 Å². The van der Waals surface area contributed by atoms with Crippen LogP contribution in [0.2, 0.25) is 0 Å². The lowest BCUT2D eigenvalue weighted by Crippen LogP contribution is -2.49.